The lowest BCUT2D eigenvalue weighted by molar-refractivity contribution is -0.241. The Morgan fingerprint density at radius 1 is 0.721 bits per heavy atom. The maximum Gasteiger partial charge on any atom is 0.338 e. The molecule has 5 heterocycles. The Labute approximate surface area is 240 Å². The number of benzene rings is 2. The van der Waals surface area contributed by atoms with E-state index in [-0.39, 0.29) is 29.2 Å². The molecule has 0 spiro atoms. The predicted octanol–water partition coefficient (Wildman–Crippen LogP) is -1.34. The molecule has 16 heteroatoms. The van der Waals surface area contributed by atoms with Gasteiger partial charge in [-0.2, -0.15) is 0 Å². The Kier molecular flexibility index (Phi) is 6.38. The van der Waals surface area contributed by atoms with Crippen molar-refractivity contribution in [2.45, 2.75) is 73.9 Å². The van der Waals surface area contributed by atoms with Gasteiger partial charge in [-0.25, -0.2) is 9.59 Å². The summed E-state index contributed by atoms with van der Waals surface area (Å²) in [5.74, 6) is -3.83. The number of esters is 2. The fourth-order valence-electron chi connectivity index (χ4n) is 5.82. The highest BCUT2D eigenvalue weighted by molar-refractivity contribution is 6.02. The lowest BCUT2D eigenvalue weighted by Crippen LogP contribution is -2.44. The van der Waals surface area contributed by atoms with Gasteiger partial charge in [0.2, 0.25) is 6.29 Å². The molecule has 4 fully saturated rings. The van der Waals surface area contributed by atoms with Crippen LogP contribution in [0.4, 0.5) is 0 Å². The summed E-state index contributed by atoms with van der Waals surface area (Å²) in [6, 6.07) is 6.35. The van der Waals surface area contributed by atoms with E-state index < -0.39 is 96.7 Å². The summed E-state index contributed by atoms with van der Waals surface area (Å²) < 4.78 is 39.1. The number of phenols is 3. The number of ether oxygens (including phenoxy) is 7. The van der Waals surface area contributed by atoms with Crippen molar-refractivity contribution in [3.8, 4) is 28.7 Å². The van der Waals surface area contributed by atoms with Crippen molar-refractivity contribution in [3.05, 3.63) is 41.5 Å². The standard InChI is InChI=1S/C27H24O16/c28-9-2-1-7(3-10(9)29)13-6-12(31)15-11(30)4-8(5-14(15)38-13)37-27-23(22-20(42-27)17(33)25(36)40-22)43-26-18(34)21-19(41-26)16(32)24(35)39-21/h1-5,13,16-23,26-30,32-34H,6H2/t13-,16+,17+,18+,19+,20+,21+,22-,23+,26-,27+/m0/s1. The number of aliphatic hydroxyl groups is 3. The second kappa shape index (κ2) is 9.94. The second-order valence-corrected chi connectivity index (χ2v) is 10.6. The van der Waals surface area contributed by atoms with Gasteiger partial charge in [0.15, 0.2) is 54.1 Å². The van der Waals surface area contributed by atoms with Gasteiger partial charge < -0.3 is 63.8 Å². The Balaban J connectivity index is 1.14. The van der Waals surface area contributed by atoms with Crippen LogP contribution in [-0.4, -0.2) is 110 Å². The molecular weight excluding hydrogens is 580 g/mol. The molecule has 0 amide bonds. The van der Waals surface area contributed by atoms with Crippen LogP contribution in [0, 0.1) is 0 Å². The number of carbonyl (C=O) groups excluding carboxylic acids is 3. The van der Waals surface area contributed by atoms with E-state index >= 15 is 0 Å². The van der Waals surface area contributed by atoms with Gasteiger partial charge >= 0.3 is 11.9 Å². The molecule has 0 saturated carbocycles. The van der Waals surface area contributed by atoms with E-state index in [0.29, 0.717) is 5.56 Å². The van der Waals surface area contributed by atoms with Crippen molar-refractivity contribution in [2.24, 2.45) is 0 Å². The van der Waals surface area contributed by atoms with E-state index in [1.807, 2.05) is 0 Å². The molecule has 6 N–H and O–H groups in total. The van der Waals surface area contributed by atoms with Gasteiger partial charge in [-0.1, -0.05) is 6.07 Å². The van der Waals surface area contributed by atoms with Gasteiger partial charge in [0.05, 0.1) is 6.42 Å². The first-order valence-electron chi connectivity index (χ1n) is 13.2. The Hall–Kier alpha value is -4.19. The van der Waals surface area contributed by atoms with Gasteiger partial charge in [0, 0.05) is 12.1 Å². The van der Waals surface area contributed by atoms with E-state index in [0.717, 1.165) is 6.07 Å². The minimum atomic E-state index is -1.69. The molecule has 2 aromatic carbocycles. The third kappa shape index (κ3) is 4.41. The molecule has 11 atom stereocenters. The SMILES string of the molecule is O=C1C[C@@H](c2ccc(O)c(O)c2)Oc2cc(O[C@@H]3O[C@H]4[C@H](OC(=O)[C@@H]4O)[C@H]3O[C@@H]3O[C@H]4[C@H](OC(=O)[C@@H]4O)[C@H]3O)cc(O)c21. The van der Waals surface area contributed by atoms with Crippen LogP contribution in [0.1, 0.15) is 28.4 Å². The minimum absolute atomic E-state index is 0.0656. The summed E-state index contributed by atoms with van der Waals surface area (Å²) in [4.78, 5) is 36.6. The topological polar surface area (TPSA) is 237 Å². The smallest absolute Gasteiger partial charge is 0.338 e. The monoisotopic (exact) mass is 604 g/mol. The summed E-state index contributed by atoms with van der Waals surface area (Å²) in [7, 11) is 0. The molecule has 5 aliphatic heterocycles. The zero-order chi connectivity index (χ0) is 30.3. The van der Waals surface area contributed by atoms with Gasteiger partial charge in [0.25, 0.3) is 0 Å². The fraction of sp³-hybridized carbons (Fsp3) is 0.444. The number of aromatic hydroxyl groups is 3. The number of rotatable bonds is 5. The summed E-state index contributed by atoms with van der Waals surface area (Å²) >= 11 is 0. The van der Waals surface area contributed by atoms with Crippen LogP contribution in [-0.2, 0) is 33.3 Å². The van der Waals surface area contributed by atoms with Crippen molar-refractivity contribution in [2.75, 3.05) is 0 Å². The van der Waals surface area contributed by atoms with Crippen LogP contribution in [0.2, 0.25) is 0 Å². The van der Waals surface area contributed by atoms with E-state index in [1.54, 1.807) is 0 Å². The van der Waals surface area contributed by atoms with Gasteiger partial charge in [-0.15, -0.1) is 0 Å². The molecule has 0 bridgehead atoms. The highest BCUT2D eigenvalue weighted by atomic mass is 16.8. The van der Waals surface area contributed by atoms with Gasteiger partial charge in [0.1, 0.15) is 47.2 Å². The molecule has 43 heavy (non-hydrogen) atoms. The van der Waals surface area contributed by atoms with E-state index in [4.69, 9.17) is 33.2 Å². The van der Waals surface area contributed by atoms with Crippen LogP contribution < -0.4 is 9.47 Å². The number of Topliss-reactive ketones (excluding diaryl/α,β-unsaturated/α-hetero) is 1. The number of hydrogen-bond acceptors (Lipinski definition) is 16. The first-order chi connectivity index (χ1) is 20.5. The highest BCUT2D eigenvalue weighted by Crippen LogP contribution is 2.45. The summed E-state index contributed by atoms with van der Waals surface area (Å²) in [6.45, 7) is 0. The second-order valence-electron chi connectivity index (χ2n) is 10.6. The summed E-state index contributed by atoms with van der Waals surface area (Å²) in [5.41, 5.74) is 0.266. The lowest BCUT2D eigenvalue weighted by atomic mass is 9.95. The molecule has 16 nitrogen and oxygen atoms in total. The van der Waals surface area contributed by atoms with Crippen LogP contribution in [0.25, 0.3) is 0 Å². The number of fused-ring (bicyclic) bond motifs is 3. The molecule has 0 unspecified atom stereocenters. The first-order valence-corrected chi connectivity index (χ1v) is 13.2. The lowest BCUT2D eigenvalue weighted by Gasteiger charge is -2.29. The molecule has 0 radical (unpaired) electrons. The number of carbonyl (C=O) groups is 3. The van der Waals surface area contributed by atoms with Crippen molar-refractivity contribution < 1.29 is 78.2 Å². The molecule has 4 saturated heterocycles. The van der Waals surface area contributed by atoms with Crippen molar-refractivity contribution in [1.82, 2.24) is 0 Å². The number of aliphatic hydroxyl groups excluding tert-OH is 3. The van der Waals surface area contributed by atoms with Crippen LogP contribution >= 0.6 is 0 Å². The largest absolute Gasteiger partial charge is 0.507 e. The molecule has 0 aliphatic carbocycles. The molecule has 7 rings (SSSR count). The summed E-state index contributed by atoms with van der Waals surface area (Å²) in [5, 5.41) is 61.0. The Morgan fingerprint density at radius 3 is 2.09 bits per heavy atom. The molecule has 2 aromatic rings. The number of ketones is 1. The van der Waals surface area contributed by atoms with Crippen molar-refractivity contribution >= 4 is 17.7 Å². The van der Waals surface area contributed by atoms with E-state index in [1.165, 1.54) is 24.3 Å². The van der Waals surface area contributed by atoms with Crippen LogP contribution in [0.15, 0.2) is 30.3 Å². The van der Waals surface area contributed by atoms with Crippen molar-refractivity contribution in [1.29, 1.82) is 0 Å². The third-order valence-corrected chi connectivity index (χ3v) is 7.94. The Morgan fingerprint density at radius 2 is 1.40 bits per heavy atom. The quantitative estimate of drug-likeness (QED) is 0.171. The van der Waals surface area contributed by atoms with Gasteiger partial charge in [-0.3, -0.25) is 4.79 Å². The third-order valence-electron chi connectivity index (χ3n) is 7.94. The maximum absolute atomic E-state index is 12.9. The highest BCUT2D eigenvalue weighted by Gasteiger charge is 2.62. The molecule has 0 aromatic heterocycles. The number of phenolic OH excluding ortho intramolecular Hbond substituents is 3. The van der Waals surface area contributed by atoms with Crippen LogP contribution in [0.5, 0.6) is 28.7 Å². The first kappa shape index (κ1) is 27.6. The van der Waals surface area contributed by atoms with E-state index in [9.17, 15) is 45.0 Å². The zero-order valence-corrected chi connectivity index (χ0v) is 21.7. The normalized spacial score (nSPS) is 37.7. The van der Waals surface area contributed by atoms with Gasteiger partial charge in [-0.05, 0) is 17.7 Å². The molecular formula is C27H24O16. The molecule has 228 valence electrons. The zero-order valence-electron chi connectivity index (χ0n) is 21.7. The fourth-order valence-corrected chi connectivity index (χ4v) is 5.82. The maximum atomic E-state index is 12.9. The number of hydrogen-bond donors (Lipinski definition) is 6. The average Bonchev–Trinajstić information content (AvgIpc) is 3.63. The predicted molar refractivity (Wildman–Crippen MR) is 131 cm³/mol. The van der Waals surface area contributed by atoms with Crippen LogP contribution in [0.3, 0.4) is 0 Å². The Bertz CT molecular complexity index is 1510. The minimum Gasteiger partial charge on any atom is -0.507 e. The van der Waals surface area contributed by atoms with E-state index in [2.05, 4.69) is 0 Å². The molecule has 5 aliphatic rings. The summed E-state index contributed by atoms with van der Waals surface area (Å²) in [6.07, 6.45) is -15.1. The van der Waals surface area contributed by atoms with Crippen molar-refractivity contribution in [3.63, 3.8) is 0 Å². The average molecular weight is 604 g/mol.